The Balaban J connectivity index is 1.62. The van der Waals surface area contributed by atoms with Gasteiger partial charge in [0.25, 0.3) is 0 Å². The van der Waals surface area contributed by atoms with E-state index in [0.717, 1.165) is 29.5 Å². The third-order valence-corrected chi connectivity index (χ3v) is 6.18. The van der Waals surface area contributed by atoms with Crippen molar-refractivity contribution in [2.45, 2.75) is 32.6 Å². The molecule has 2 aromatic carbocycles. The minimum atomic E-state index is -0.705. The summed E-state index contributed by atoms with van der Waals surface area (Å²) < 4.78 is 13.9. The van der Waals surface area contributed by atoms with Gasteiger partial charge in [0, 0.05) is 12.1 Å². The Kier molecular flexibility index (Phi) is 6.40. The van der Waals surface area contributed by atoms with Crippen LogP contribution >= 0.6 is 0 Å². The molecule has 166 valence electrons. The van der Waals surface area contributed by atoms with Crippen LogP contribution in [0.4, 0.5) is 10.2 Å². The summed E-state index contributed by atoms with van der Waals surface area (Å²) in [7, 11) is 0. The zero-order valence-corrected chi connectivity index (χ0v) is 18.0. The number of aliphatic carboxylic acids is 1. The maximum absolute atomic E-state index is 13.9. The Hall–Kier alpha value is -3.41. The number of carbonyl (C=O) groups is 1. The van der Waals surface area contributed by atoms with Crippen LogP contribution in [0.3, 0.4) is 0 Å². The van der Waals surface area contributed by atoms with Gasteiger partial charge in [-0.1, -0.05) is 23.8 Å². The number of pyridine rings is 1. The predicted octanol–water partition coefficient (Wildman–Crippen LogP) is 5.87. The summed E-state index contributed by atoms with van der Waals surface area (Å²) in [5.74, 6) is -0.106. The molecule has 1 fully saturated rings. The number of nitrogens with zero attached hydrogens (tertiary/aromatic N) is 1. The molecular formula is C26H27FN2O3. The molecule has 0 atom stereocenters. The smallest absolute Gasteiger partial charge is 0.306 e. The van der Waals surface area contributed by atoms with E-state index >= 15 is 0 Å². The quantitative estimate of drug-likeness (QED) is 0.452. The van der Waals surface area contributed by atoms with E-state index in [1.165, 1.54) is 12.1 Å². The number of halogens is 1. The predicted molar refractivity (Wildman–Crippen MR) is 123 cm³/mol. The maximum atomic E-state index is 13.9. The topological polar surface area (TPSA) is 82.5 Å². The first kappa shape index (κ1) is 21.8. The Bertz CT molecular complexity index is 1120. The first-order valence-corrected chi connectivity index (χ1v) is 10.9. The van der Waals surface area contributed by atoms with Gasteiger partial charge in [0.15, 0.2) is 0 Å². The van der Waals surface area contributed by atoms with Crippen molar-refractivity contribution >= 4 is 11.8 Å². The highest BCUT2D eigenvalue weighted by molar-refractivity contribution is 5.76. The van der Waals surface area contributed by atoms with E-state index < -0.39 is 5.97 Å². The molecule has 0 radical (unpaired) electrons. The van der Waals surface area contributed by atoms with Crippen LogP contribution in [0.15, 0.2) is 54.6 Å². The molecule has 4 rings (SSSR count). The summed E-state index contributed by atoms with van der Waals surface area (Å²) in [6, 6.07) is 15.5. The number of carboxylic acid groups (broad SMARTS) is 1. The largest absolute Gasteiger partial charge is 0.507 e. The van der Waals surface area contributed by atoms with Crippen molar-refractivity contribution in [3.05, 3.63) is 66.0 Å². The lowest BCUT2D eigenvalue weighted by atomic mass is 9.82. The lowest BCUT2D eigenvalue weighted by Gasteiger charge is -2.26. The van der Waals surface area contributed by atoms with Crippen LogP contribution in [0.5, 0.6) is 5.75 Å². The fraction of sp³-hybridized carbons (Fsp3) is 0.308. The maximum Gasteiger partial charge on any atom is 0.306 e. The van der Waals surface area contributed by atoms with Gasteiger partial charge < -0.3 is 15.5 Å². The lowest BCUT2D eigenvalue weighted by molar-refractivity contribution is -0.143. The van der Waals surface area contributed by atoms with Gasteiger partial charge in [-0.3, -0.25) is 4.79 Å². The Morgan fingerprint density at radius 3 is 2.56 bits per heavy atom. The van der Waals surface area contributed by atoms with E-state index in [1.807, 2.05) is 37.3 Å². The molecule has 0 spiro atoms. The molecule has 1 aromatic heterocycles. The van der Waals surface area contributed by atoms with Crippen molar-refractivity contribution in [2.24, 2.45) is 11.8 Å². The Morgan fingerprint density at radius 2 is 1.84 bits per heavy atom. The molecule has 0 aliphatic heterocycles. The molecule has 5 nitrogen and oxygen atoms in total. The average Bonchev–Trinajstić information content (AvgIpc) is 2.79. The molecular weight excluding hydrogens is 407 g/mol. The van der Waals surface area contributed by atoms with E-state index in [9.17, 15) is 19.4 Å². The second-order valence-electron chi connectivity index (χ2n) is 8.59. The highest BCUT2D eigenvalue weighted by atomic mass is 19.1. The van der Waals surface area contributed by atoms with E-state index in [1.54, 1.807) is 12.1 Å². The molecule has 1 aliphatic carbocycles. The van der Waals surface area contributed by atoms with Crippen molar-refractivity contribution < 1.29 is 19.4 Å². The minimum absolute atomic E-state index is 0.137. The summed E-state index contributed by atoms with van der Waals surface area (Å²) >= 11 is 0. The molecule has 3 N–H and O–H groups in total. The van der Waals surface area contributed by atoms with Crippen molar-refractivity contribution in [1.29, 1.82) is 0 Å². The Morgan fingerprint density at radius 1 is 1.06 bits per heavy atom. The molecule has 0 unspecified atom stereocenters. The van der Waals surface area contributed by atoms with E-state index in [-0.39, 0.29) is 17.5 Å². The molecule has 0 bridgehead atoms. The second kappa shape index (κ2) is 9.39. The van der Waals surface area contributed by atoms with Gasteiger partial charge in [-0.2, -0.15) is 0 Å². The number of phenolic OH excluding ortho intramolecular Hbond substituents is 1. The van der Waals surface area contributed by atoms with Crippen molar-refractivity contribution in [3.63, 3.8) is 0 Å². The van der Waals surface area contributed by atoms with Gasteiger partial charge in [0.05, 0.1) is 11.6 Å². The van der Waals surface area contributed by atoms with E-state index in [2.05, 4.69) is 5.32 Å². The molecule has 1 saturated carbocycles. The highest BCUT2D eigenvalue weighted by Crippen LogP contribution is 2.34. The number of aryl methyl sites for hydroxylation is 1. The van der Waals surface area contributed by atoms with Crippen LogP contribution in [0, 0.1) is 24.6 Å². The van der Waals surface area contributed by atoms with Crippen LogP contribution in [-0.4, -0.2) is 27.7 Å². The van der Waals surface area contributed by atoms with Crippen LogP contribution in [0.25, 0.3) is 22.4 Å². The number of benzene rings is 2. The average molecular weight is 435 g/mol. The lowest BCUT2D eigenvalue weighted by Crippen LogP contribution is -2.25. The van der Waals surface area contributed by atoms with Crippen molar-refractivity contribution in [3.8, 4) is 28.1 Å². The number of aromatic nitrogens is 1. The second-order valence-corrected chi connectivity index (χ2v) is 8.59. The summed E-state index contributed by atoms with van der Waals surface area (Å²) in [6.45, 7) is 2.64. The third kappa shape index (κ3) is 5.07. The monoisotopic (exact) mass is 434 g/mol. The molecule has 1 heterocycles. The minimum Gasteiger partial charge on any atom is -0.507 e. The summed E-state index contributed by atoms with van der Waals surface area (Å²) in [6.07, 6.45) is 3.11. The van der Waals surface area contributed by atoms with Gasteiger partial charge in [-0.05, 0) is 86.1 Å². The van der Waals surface area contributed by atoms with Gasteiger partial charge in [0.2, 0.25) is 0 Å². The van der Waals surface area contributed by atoms with Crippen molar-refractivity contribution in [2.75, 3.05) is 11.9 Å². The summed E-state index contributed by atoms with van der Waals surface area (Å²) in [4.78, 5) is 15.9. The number of phenols is 1. The first-order valence-electron chi connectivity index (χ1n) is 10.9. The number of hydrogen-bond donors (Lipinski definition) is 3. The molecule has 1 aliphatic rings. The zero-order valence-electron chi connectivity index (χ0n) is 18.0. The van der Waals surface area contributed by atoms with E-state index in [4.69, 9.17) is 4.98 Å². The molecule has 0 saturated heterocycles. The number of hydrogen-bond acceptors (Lipinski definition) is 4. The van der Waals surface area contributed by atoms with Gasteiger partial charge in [0.1, 0.15) is 17.4 Å². The van der Waals surface area contributed by atoms with Gasteiger partial charge in [-0.25, -0.2) is 9.37 Å². The fourth-order valence-corrected chi connectivity index (χ4v) is 4.31. The first-order chi connectivity index (χ1) is 15.4. The van der Waals surface area contributed by atoms with Gasteiger partial charge in [-0.15, -0.1) is 0 Å². The summed E-state index contributed by atoms with van der Waals surface area (Å²) in [5.41, 5.74) is 3.75. The molecule has 3 aromatic rings. The molecule has 0 amide bonds. The van der Waals surface area contributed by atoms with Crippen LogP contribution < -0.4 is 5.32 Å². The van der Waals surface area contributed by atoms with Gasteiger partial charge >= 0.3 is 5.97 Å². The normalized spacial score (nSPS) is 18.3. The molecule has 32 heavy (non-hydrogen) atoms. The SMILES string of the molecule is Cc1ccc(O)c(-c2cc(-c3cccc(F)c3)cc(NCC3CCC(C(=O)O)CC3)n2)c1. The Labute approximate surface area is 187 Å². The van der Waals surface area contributed by atoms with Crippen LogP contribution in [0.1, 0.15) is 31.2 Å². The fourth-order valence-electron chi connectivity index (χ4n) is 4.31. The summed E-state index contributed by atoms with van der Waals surface area (Å²) in [5, 5.41) is 23.0. The van der Waals surface area contributed by atoms with Crippen LogP contribution in [0.2, 0.25) is 0 Å². The van der Waals surface area contributed by atoms with Crippen LogP contribution in [-0.2, 0) is 4.79 Å². The van der Waals surface area contributed by atoms with E-state index in [0.29, 0.717) is 42.4 Å². The number of nitrogens with one attached hydrogen (secondary N) is 1. The third-order valence-electron chi connectivity index (χ3n) is 6.18. The number of anilines is 1. The number of rotatable bonds is 6. The highest BCUT2D eigenvalue weighted by Gasteiger charge is 2.25. The number of carboxylic acids is 1. The zero-order chi connectivity index (χ0) is 22.7. The van der Waals surface area contributed by atoms with Crippen molar-refractivity contribution in [1.82, 2.24) is 4.98 Å². The standard InChI is InChI=1S/C26H27FN2O3/c1-16-5-10-24(30)22(11-16)23-13-20(19-3-2-4-21(27)12-19)14-25(29-23)28-15-17-6-8-18(9-7-17)26(31)32/h2-5,10-14,17-18,30H,6-9,15H2,1H3,(H,28,29)(H,31,32). The molecule has 6 heteroatoms. The number of aromatic hydroxyl groups is 1.